The molecule has 0 spiro atoms. The molecule has 3 atom stereocenters. The van der Waals surface area contributed by atoms with Gasteiger partial charge >= 0.3 is 5.97 Å². The van der Waals surface area contributed by atoms with E-state index in [0.717, 1.165) is 49.0 Å². The van der Waals surface area contributed by atoms with Gasteiger partial charge in [-0.2, -0.15) is 0 Å². The molecule has 1 amide bonds. The zero-order chi connectivity index (χ0) is 31.9. The van der Waals surface area contributed by atoms with Gasteiger partial charge in [-0.1, -0.05) is 84.6 Å². The van der Waals surface area contributed by atoms with E-state index in [1.807, 2.05) is 84.9 Å². The topological polar surface area (TPSA) is 118 Å². The van der Waals surface area contributed by atoms with Gasteiger partial charge < -0.3 is 25.0 Å². The Labute approximate surface area is 275 Å². The molecule has 2 heterocycles. The van der Waals surface area contributed by atoms with Crippen molar-refractivity contribution in [2.45, 2.75) is 55.3 Å². The molecule has 3 N–H and O–H groups in total. The maximum Gasteiger partial charge on any atom is 0.303 e. The first-order valence-electron chi connectivity index (χ1n) is 15.1. The molecule has 0 saturated carbocycles. The van der Waals surface area contributed by atoms with Crippen LogP contribution in [0.25, 0.3) is 21.3 Å². The van der Waals surface area contributed by atoms with Gasteiger partial charge in [-0.15, -0.1) is 11.3 Å². The fraction of sp³-hybridized carbons (Fsp3) is 0.250. The number of hydrogen-bond donors (Lipinski definition) is 3. The fourth-order valence-corrected chi connectivity index (χ4v) is 7.45. The Hall–Kier alpha value is -4.06. The van der Waals surface area contributed by atoms with Crippen molar-refractivity contribution in [3.8, 4) is 11.1 Å². The number of para-hydroxylation sites is 1. The molecule has 1 aliphatic rings. The Balaban J connectivity index is 1.19. The van der Waals surface area contributed by atoms with Crippen LogP contribution in [-0.2, 0) is 32.2 Å². The van der Waals surface area contributed by atoms with Crippen LogP contribution in [0.5, 0.6) is 0 Å². The number of benzene rings is 4. The number of aromatic nitrogens is 1. The highest BCUT2D eigenvalue weighted by atomic mass is 32.2. The van der Waals surface area contributed by atoms with Crippen LogP contribution >= 0.6 is 23.1 Å². The van der Waals surface area contributed by atoms with E-state index in [2.05, 4.69) is 17.4 Å². The molecule has 0 bridgehead atoms. The van der Waals surface area contributed by atoms with Crippen LogP contribution in [0.4, 0.5) is 0 Å². The number of carboxylic acids is 1. The number of nitrogens with zero attached hydrogens (tertiary/aromatic N) is 1. The van der Waals surface area contributed by atoms with E-state index in [1.54, 1.807) is 23.1 Å². The molecule has 6 rings (SSSR count). The first-order chi connectivity index (χ1) is 22.4. The van der Waals surface area contributed by atoms with Crippen LogP contribution in [0.1, 0.15) is 53.9 Å². The highest BCUT2D eigenvalue weighted by molar-refractivity contribution is 8.01. The molecule has 4 aromatic carbocycles. The van der Waals surface area contributed by atoms with E-state index in [4.69, 9.17) is 19.6 Å². The van der Waals surface area contributed by atoms with Gasteiger partial charge in [0, 0.05) is 30.7 Å². The minimum absolute atomic E-state index is 0.00986. The number of aliphatic hydroxyl groups is 1. The number of thioether (sulfide) groups is 1. The largest absolute Gasteiger partial charge is 0.481 e. The number of nitrogens with one attached hydrogen (secondary N) is 1. The molecule has 236 valence electrons. The lowest BCUT2D eigenvalue weighted by Crippen LogP contribution is -2.31. The number of carbonyl (C=O) groups excluding carboxylic acids is 1. The minimum Gasteiger partial charge on any atom is -0.481 e. The molecule has 5 aromatic rings. The van der Waals surface area contributed by atoms with E-state index in [9.17, 15) is 14.7 Å². The molecule has 10 heteroatoms. The summed E-state index contributed by atoms with van der Waals surface area (Å²) in [5.41, 5.74) is 6.67. The number of ether oxygens (including phenoxy) is 2. The number of aliphatic carboxylic acids is 1. The van der Waals surface area contributed by atoms with Crippen LogP contribution in [0.2, 0.25) is 0 Å². The zero-order valence-corrected chi connectivity index (χ0v) is 26.6. The van der Waals surface area contributed by atoms with E-state index in [-0.39, 0.29) is 37.6 Å². The number of thiazole rings is 1. The summed E-state index contributed by atoms with van der Waals surface area (Å²) in [5, 5.41) is 21.2. The van der Waals surface area contributed by atoms with Crippen molar-refractivity contribution in [3.63, 3.8) is 0 Å². The lowest BCUT2D eigenvalue weighted by molar-refractivity contribution is -0.245. The van der Waals surface area contributed by atoms with Gasteiger partial charge in [-0.05, 0) is 52.1 Å². The quantitative estimate of drug-likeness (QED) is 0.120. The number of fused-ring (bicyclic) bond motifs is 1. The second kappa shape index (κ2) is 15.0. The zero-order valence-electron chi connectivity index (χ0n) is 25.0. The van der Waals surface area contributed by atoms with Crippen molar-refractivity contribution in [1.82, 2.24) is 10.3 Å². The molecule has 0 unspecified atom stereocenters. The first-order valence-corrected chi connectivity index (χ1v) is 16.9. The van der Waals surface area contributed by atoms with Crippen LogP contribution in [-0.4, -0.2) is 38.9 Å². The van der Waals surface area contributed by atoms with Crippen molar-refractivity contribution < 1.29 is 29.3 Å². The van der Waals surface area contributed by atoms with Gasteiger partial charge in [0.05, 0.1) is 35.5 Å². The molecular formula is C36H34N2O6S2. The maximum atomic E-state index is 12.0. The predicted molar refractivity (Wildman–Crippen MR) is 179 cm³/mol. The molecular weight excluding hydrogens is 621 g/mol. The maximum absolute atomic E-state index is 12.0. The second-order valence-electron chi connectivity index (χ2n) is 11.1. The summed E-state index contributed by atoms with van der Waals surface area (Å²) in [6, 6.07) is 32.0. The summed E-state index contributed by atoms with van der Waals surface area (Å²) in [5.74, 6) is -0.560. The summed E-state index contributed by atoms with van der Waals surface area (Å²) in [6.45, 7) is 0.301. The molecule has 46 heavy (non-hydrogen) atoms. The molecule has 1 aromatic heterocycles. The Morgan fingerprint density at radius 3 is 2.43 bits per heavy atom. The van der Waals surface area contributed by atoms with Crippen molar-refractivity contribution >= 4 is 45.2 Å². The van der Waals surface area contributed by atoms with E-state index in [0.29, 0.717) is 13.0 Å². The lowest BCUT2D eigenvalue weighted by atomic mass is 9.99. The van der Waals surface area contributed by atoms with Gasteiger partial charge in [-0.25, -0.2) is 4.98 Å². The van der Waals surface area contributed by atoms with Crippen LogP contribution in [0.15, 0.2) is 101 Å². The normalized spacial score (nSPS) is 18.0. The standard InChI is InChI=1S/C36H34N2O6S2/c39-21-23-11-13-25(14-12-23)31-19-29(22-45-36-38-30-9-1-2-10-32(30)46-36)43-35(44-31)28-8-4-7-27(18-28)26-6-3-5-24(17-26)20-37-33(40)15-16-34(41)42/h1-14,17-18,29,31,35,39H,15-16,19-22H2,(H,37,40)(H,41,42)/t29-,31+,35+/m0/s1. The average Bonchev–Trinajstić information content (AvgIpc) is 3.52. The van der Waals surface area contributed by atoms with Crippen LogP contribution < -0.4 is 5.32 Å². The van der Waals surface area contributed by atoms with E-state index >= 15 is 0 Å². The van der Waals surface area contributed by atoms with Gasteiger partial charge in [0.25, 0.3) is 0 Å². The van der Waals surface area contributed by atoms with Gasteiger partial charge in [0.1, 0.15) is 0 Å². The molecule has 8 nitrogen and oxygen atoms in total. The average molecular weight is 655 g/mol. The number of aliphatic hydroxyl groups excluding tert-OH is 1. The number of amides is 1. The third-order valence-corrected chi connectivity index (χ3v) is 10.1. The molecule has 1 aliphatic heterocycles. The first kappa shape index (κ1) is 31.9. The third-order valence-electron chi connectivity index (χ3n) is 7.76. The Kier molecular flexibility index (Phi) is 10.4. The minimum atomic E-state index is -0.993. The number of rotatable bonds is 12. The van der Waals surface area contributed by atoms with Crippen molar-refractivity contribution in [2.75, 3.05) is 5.75 Å². The molecule has 0 aliphatic carbocycles. The Morgan fingerprint density at radius 2 is 1.65 bits per heavy atom. The third kappa shape index (κ3) is 8.20. The molecule has 0 radical (unpaired) electrons. The Morgan fingerprint density at radius 1 is 0.870 bits per heavy atom. The number of carboxylic acid groups (broad SMARTS) is 1. The molecule has 1 saturated heterocycles. The van der Waals surface area contributed by atoms with Gasteiger partial charge in [0.2, 0.25) is 5.91 Å². The van der Waals surface area contributed by atoms with Gasteiger partial charge in [0.15, 0.2) is 10.6 Å². The second-order valence-corrected chi connectivity index (χ2v) is 13.4. The van der Waals surface area contributed by atoms with E-state index < -0.39 is 12.3 Å². The predicted octanol–water partition coefficient (Wildman–Crippen LogP) is 7.27. The van der Waals surface area contributed by atoms with Crippen molar-refractivity contribution in [2.24, 2.45) is 0 Å². The van der Waals surface area contributed by atoms with E-state index in [1.165, 1.54) is 4.70 Å². The Bertz CT molecular complexity index is 1780. The monoisotopic (exact) mass is 654 g/mol. The SMILES string of the molecule is O=C(O)CCC(=O)NCc1cccc(-c2cccc([C@@H]3O[C@H](CSc4nc5ccccc5s4)C[C@H](c4ccc(CO)cc4)O3)c2)c1. The smallest absolute Gasteiger partial charge is 0.303 e. The highest BCUT2D eigenvalue weighted by Gasteiger charge is 2.32. The summed E-state index contributed by atoms with van der Waals surface area (Å²) < 4.78 is 15.4. The highest BCUT2D eigenvalue weighted by Crippen LogP contribution is 2.41. The van der Waals surface area contributed by atoms with Crippen LogP contribution in [0.3, 0.4) is 0 Å². The van der Waals surface area contributed by atoms with Crippen LogP contribution in [0, 0.1) is 0 Å². The van der Waals surface area contributed by atoms with Crippen molar-refractivity contribution in [3.05, 3.63) is 119 Å². The number of carbonyl (C=O) groups is 2. The van der Waals surface area contributed by atoms with Gasteiger partial charge in [-0.3, -0.25) is 9.59 Å². The summed E-state index contributed by atoms with van der Waals surface area (Å²) in [6.07, 6.45) is -0.425. The fourth-order valence-electron chi connectivity index (χ4n) is 5.33. The summed E-state index contributed by atoms with van der Waals surface area (Å²) in [4.78, 5) is 27.6. The lowest BCUT2D eigenvalue weighted by Gasteiger charge is -2.36. The molecule has 1 fully saturated rings. The summed E-state index contributed by atoms with van der Waals surface area (Å²) >= 11 is 3.39. The number of hydrogen-bond acceptors (Lipinski definition) is 8. The summed E-state index contributed by atoms with van der Waals surface area (Å²) in [7, 11) is 0. The van der Waals surface area contributed by atoms with Crippen molar-refractivity contribution in [1.29, 1.82) is 0 Å².